The molecule has 0 saturated heterocycles. The van der Waals surface area contributed by atoms with E-state index in [9.17, 15) is 4.79 Å². The van der Waals surface area contributed by atoms with Gasteiger partial charge < -0.3 is 4.74 Å². The number of hydrogen-bond acceptors (Lipinski definition) is 6. The number of hydrogen-bond donors (Lipinski definition) is 1. The van der Waals surface area contributed by atoms with Crippen molar-refractivity contribution in [1.82, 2.24) is 19.7 Å². The van der Waals surface area contributed by atoms with E-state index in [1.807, 2.05) is 54.6 Å². The highest BCUT2D eigenvalue weighted by atomic mass is 32.1. The van der Waals surface area contributed by atoms with Crippen molar-refractivity contribution in [2.45, 2.75) is 6.54 Å². The van der Waals surface area contributed by atoms with Crippen LogP contribution in [0, 0.1) is 0 Å². The molecule has 0 spiro atoms. The molecular formula is C20H17N5O2S. The molecule has 28 heavy (non-hydrogen) atoms. The number of carbonyl (C=O) groups is 1. The van der Waals surface area contributed by atoms with E-state index in [0.717, 1.165) is 21.9 Å². The third-order valence-corrected chi connectivity index (χ3v) is 4.91. The number of anilines is 1. The zero-order valence-electron chi connectivity index (χ0n) is 15.1. The van der Waals surface area contributed by atoms with E-state index in [4.69, 9.17) is 4.74 Å². The van der Waals surface area contributed by atoms with E-state index in [2.05, 4.69) is 20.4 Å². The molecule has 0 aliphatic carbocycles. The lowest BCUT2D eigenvalue weighted by Crippen LogP contribution is -2.14. The fourth-order valence-corrected chi connectivity index (χ4v) is 3.41. The number of aromatic nitrogens is 4. The van der Waals surface area contributed by atoms with Gasteiger partial charge >= 0.3 is 0 Å². The maximum atomic E-state index is 12.5. The van der Waals surface area contributed by atoms with Crippen LogP contribution in [0.3, 0.4) is 0 Å². The van der Waals surface area contributed by atoms with Crippen LogP contribution in [0.1, 0.15) is 16.1 Å². The summed E-state index contributed by atoms with van der Waals surface area (Å²) in [6.45, 7) is 0.585. The Labute approximate surface area is 165 Å². The number of benzene rings is 2. The van der Waals surface area contributed by atoms with Crippen LogP contribution in [0.2, 0.25) is 0 Å². The van der Waals surface area contributed by atoms with Crippen LogP contribution in [-0.4, -0.2) is 32.8 Å². The first-order chi connectivity index (χ1) is 13.7. The Morgan fingerprint density at radius 2 is 1.93 bits per heavy atom. The summed E-state index contributed by atoms with van der Waals surface area (Å²) in [4.78, 5) is 21.0. The summed E-state index contributed by atoms with van der Waals surface area (Å²) in [6, 6.07) is 17.5. The molecule has 2 aromatic heterocycles. The Morgan fingerprint density at radius 1 is 1.14 bits per heavy atom. The molecule has 0 aliphatic heterocycles. The summed E-state index contributed by atoms with van der Waals surface area (Å²) in [7, 11) is 1.62. The summed E-state index contributed by atoms with van der Waals surface area (Å²) in [5.41, 5.74) is 2.36. The molecule has 4 aromatic rings. The minimum absolute atomic E-state index is 0.250. The first-order valence-electron chi connectivity index (χ1n) is 8.56. The molecule has 0 fully saturated rings. The minimum atomic E-state index is -0.339. The predicted octanol–water partition coefficient (Wildman–Crippen LogP) is 3.71. The summed E-state index contributed by atoms with van der Waals surface area (Å²) < 4.78 is 6.83. The van der Waals surface area contributed by atoms with Crippen LogP contribution in [-0.2, 0) is 6.54 Å². The highest BCUT2D eigenvalue weighted by molar-refractivity contribution is 7.13. The normalized spacial score (nSPS) is 10.6. The van der Waals surface area contributed by atoms with Crippen molar-refractivity contribution >= 4 is 23.2 Å². The van der Waals surface area contributed by atoms with Crippen molar-refractivity contribution in [2.75, 3.05) is 12.4 Å². The molecule has 7 nitrogen and oxygen atoms in total. The van der Waals surface area contributed by atoms with Crippen LogP contribution in [0.25, 0.3) is 10.6 Å². The molecule has 0 unspecified atom stereocenters. The van der Waals surface area contributed by atoms with Gasteiger partial charge in [-0.05, 0) is 29.8 Å². The van der Waals surface area contributed by atoms with Gasteiger partial charge in [-0.1, -0.05) is 30.3 Å². The molecular weight excluding hydrogens is 374 g/mol. The lowest BCUT2D eigenvalue weighted by Gasteiger charge is -2.01. The van der Waals surface area contributed by atoms with Gasteiger partial charge in [0, 0.05) is 10.9 Å². The van der Waals surface area contributed by atoms with Gasteiger partial charge in [0.2, 0.25) is 5.95 Å². The van der Waals surface area contributed by atoms with Crippen molar-refractivity contribution in [3.05, 3.63) is 77.6 Å². The molecule has 2 heterocycles. The Bertz CT molecular complexity index is 1070. The van der Waals surface area contributed by atoms with Crippen molar-refractivity contribution in [3.8, 4) is 16.3 Å². The third kappa shape index (κ3) is 4.07. The Balaban J connectivity index is 1.42. The summed E-state index contributed by atoms with van der Waals surface area (Å²) >= 11 is 1.40. The van der Waals surface area contributed by atoms with Gasteiger partial charge in [-0.3, -0.25) is 10.1 Å². The molecule has 4 rings (SSSR count). The molecule has 8 heteroatoms. The quantitative estimate of drug-likeness (QED) is 0.542. The Morgan fingerprint density at radius 3 is 2.68 bits per heavy atom. The molecule has 140 valence electrons. The number of methoxy groups -OCH3 is 1. The number of ether oxygens (including phenoxy) is 1. The number of nitrogens with one attached hydrogen (secondary N) is 1. The van der Waals surface area contributed by atoms with Gasteiger partial charge in [0.05, 0.1) is 13.7 Å². The fraction of sp³-hybridized carbons (Fsp3) is 0.100. The molecule has 2 aromatic carbocycles. The van der Waals surface area contributed by atoms with Gasteiger partial charge in [0.1, 0.15) is 22.8 Å². The van der Waals surface area contributed by atoms with Gasteiger partial charge in [0.15, 0.2) is 0 Å². The van der Waals surface area contributed by atoms with Crippen molar-refractivity contribution in [2.24, 2.45) is 0 Å². The van der Waals surface area contributed by atoms with Crippen LogP contribution < -0.4 is 10.1 Å². The zero-order chi connectivity index (χ0) is 19.3. The lowest BCUT2D eigenvalue weighted by atomic mass is 10.2. The highest BCUT2D eigenvalue weighted by Crippen LogP contribution is 2.25. The monoisotopic (exact) mass is 391 g/mol. The first-order valence-corrected chi connectivity index (χ1v) is 9.44. The number of amides is 1. The maximum Gasteiger partial charge on any atom is 0.277 e. The predicted molar refractivity (Wildman–Crippen MR) is 108 cm³/mol. The molecule has 0 bridgehead atoms. The molecule has 0 radical (unpaired) electrons. The van der Waals surface area contributed by atoms with Gasteiger partial charge in [0.25, 0.3) is 5.91 Å². The van der Waals surface area contributed by atoms with Gasteiger partial charge in [-0.25, -0.2) is 14.6 Å². The number of nitrogens with zero attached hydrogens (tertiary/aromatic N) is 4. The fourth-order valence-electron chi connectivity index (χ4n) is 2.61. The largest absolute Gasteiger partial charge is 0.497 e. The van der Waals surface area contributed by atoms with E-state index in [-0.39, 0.29) is 11.9 Å². The van der Waals surface area contributed by atoms with E-state index in [1.54, 1.807) is 23.5 Å². The topological polar surface area (TPSA) is 81.9 Å². The maximum absolute atomic E-state index is 12.5. The molecule has 1 amide bonds. The average molecular weight is 391 g/mol. The Kier molecular flexibility index (Phi) is 5.11. The standard InChI is InChI=1S/C20H17N5O2S/c1-27-16-9-7-15(8-10-16)19-22-17(12-28-19)18(26)23-20-21-13-25(24-20)11-14-5-3-2-4-6-14/h2-10,12-13H,11H2,1H3,(H,23,24,26). The molecule has 0 aliphatic rings. The van der Waals surface area contributed by atoms with Crippen LogP contribution in [0.5, 0.6) is 5.75 Å². The SMILES string of the molecule is COc1ccc(-c2nc(C(=O)Nc3ncn(Cc4ccccc4)n3)cs2)cc1. The van der Waals surface area contributed by atoms with Crippen LogP contribution in [0.15, 0.2) is 66.3 Å². The van der Waals surface area contributed by atoms with E-state index in [0.29, 0.717) is 12.2 Å². The van der Waals surface area contributed by atoms with E-state index in [1.165, 1.54) is 11.3 Å². The first kappa shape index (κ1) is 17.9. The lowest BCUT2D eigenvalue weighted by molar-refractivity contribution is 0.102. The second-order valence-electron chi connectivity index (χ2n) is 5.97. The average Bonchev–Trinajstić information content (AvgIpc) is 3.39. The summed E-state index contributed by atoms with van der Waals surface area (Å²) in [6.07, 6.45) is 1.59. The molecule has 0 saturated carbocycles. The third-order valence-electron chi connectivity index (χ3n) is 4.02. The second-order valence-corrected chi connectivity index (χ2v) is 6.83. The highest BCUT2D eigenvalue weighted by Gasteiger charge is 2.14. The molecule has 1 N–H and O–H groups in total. The number of thiazole rings is 1. The summed E-state index contributed by atoms with van der Waals surface area (Å²) in [5.74, 6) is 0.684. The van der Waals surface area contributed by atoms with E-state index < -0.39 is 0 Å². The molecule has 0 atom stereocenters. The van der Waals surface area contributed by atoms with Crippen molar-refractivity contribution < 1.29 is 9.53 Å². The van der Waals surface area contributed by atoms with E-state index >= 15 is 0 Å². The minimum Gasteiger partial charge on any atom is -0.497 e. The van der Waals surface area contributed by atoms with Crippen molar-refractivity contribution in [1.29, 1.82) is 0 Å². The van der Waals surface area contributed by atoms with Crippen molar-refractivity contribution in [3.63, 3.8) is 0 Å². The van der Waals surface area contributed by atoms with Crippen LogP contribution in [0.4, 0.5) is 5.95 Å². The number of carbonyl (C=O) groups excluding carboxylic acids is 1. The second kappa shape index (κ2) is 8.01. The van der Waals surface area contributed by atoms with Crippen LogP contribution >= 0.6 is 11.3 Å². The van der Waals surface area contributed by atoms with Gasteiger partial charge in [-0.15, -0.1) is 16.4 Å². The Hall–Kier alpha value is -3.52. The smallest absolute Gasteiger partial charge is 0.277 e. The van der Waals surface area contributed by atoms with Gasteiger partial charge in [-0.2, -0.15) is 0 Å². The summed E-state index contributed by atoms with van der Waals surface area (Å²) in [5, 5.41) is 9.46. The zero-order valence-corrected chi connectivity index (χ0v) is 15.9. The number of rotatable bonds is 6.